The molecule has 0 spiro atoms. The number of amides is 1. The Labute approximate surface area is 193 Å². The SMILES string of the molecule is COc1cc(/C=N\NC(=O)CN2CCN(Cc3ccccc3Cl)CC2)cc(OC)c1OC. The second-order valence-electron chi connectivity index (χ2n) is 7.40. The number of hydrogen-bond donors (Lipinski definition) is 1. The van der Waals surface area contributed by atoms with E-state index in [1.165, 1.54) is 0 Å². The largest absolute Gasteiger partial charge is 0.493 e. The van der Waals surface area contributed by atoms with Crippen molar-refractivity contribution >= 4 is 23.7 Å². The second kappa shape index (κ2) is 11.7. The third-order valence-corrected chi connectivity index (χ3v) is 5.64. The molecule has 1 N–H and O–H groups in total. The lowest BCUT2D eigenvalue weighted by atomic mass is 10.2. The summed E-state index contributed by atoms with van der Waals surface area (Å²) in [5.74, 6) is 1.39. The minimum Gasteiger partial charge on any atom is -0.493 e. The van der Waals surface area contributed by atoms with Crippen LogP contribution in [0.5, 0.6) is 17.2 Å². The minimum atomic E-state index is -0.159. The Kier molecular flexibility index (Phi) is 8.72. The maximum Gasteiger partial charge on any atom is 0.254 e. The van der Waals surface area contributed by atoms with Gasteiger partial charge in [-0.2, -0.15) is 5.10 Å². The van der Waals surface area contributed by atoms with E-state index in [0.29, 0.717) is 29.4 Å². The Hall–Kier alpha value is -2.81. The number of nitrogens with zero attached hydrogens (tertiary/aromatic N) is 3. The summed E-state index contributed by atoms with van der Waals surface area (Å²) < 4.78 is 16.0. The van der Waals surface area contributed by atoms with Crippen LogP contribution in [0.1, 0.15) is 11.1 Å². The Bertz CT molecular complexity index is 920. The van der Waals surface area contributed by atoms with Crippen molar-refractivity contribution in [2.75, 3.05) is 54.1 Å². The smallest absolute Gasteiger partial charge is 0.254 e. The quantitative estimate of drug-likeness (QED) is 0.458. The minimum absolute atomic E-state index is 0.159. The Morgan fingerprint density at radius 3 is 2.25 bits per heavy atom. The van der Waals surface area contributed by atoms with Crippen molar-refractivity contribution in [3.05, 3.63) is 52.5 Å². The summed E-state index contributed by atoms with van der Waals surface area (Å²) >= 11 is 6.26. The monoisotopic (exact) mass is 460 g/mol. The Morgan fingerprint density at radius 1 is 1.03 bits per heavy atom. The third-order valence-electron chi connectivity index (χ3n) is 5.27. The second-order valence-corrected chi connectivity index (χ2v) is 7.80. The molecule has 1 aliphatic rings. The fourth-order valence-electron chi connectivity index (χ4n) is 3.57. The molecule has 0 bridgehead atoms. The van der Waals surface area contributed by atoms with Gasteiger partial charge in [0.2, 0.25) is 5.75 Å². The van der Waals surface area contributed by atoms with Crippen LogP contribution in [0, 0.1) is 0 Å². The van der Waals surface area contributed by atoms with Crippen LogP contribution >= 0.6 is 11.6 Å². The average Bonchev–Trinajstić information content (AvgIpc) is 2.81. The zero-order valence-corrected chi connectivity index (χ0v) is 19.4. The number of methoxy groups -OCH3 is 3. The van der Waals surface area contributed by atoms with Crippen molar-refractivity contribution in [3.8, 4) is 17.2 Å². The van der Waals surface area contributed by atoms with Crippen molar-refractivity contribution in [3.63, 3.8) is 0 Å². The molecule has 0 unspecified atom stereocenters. The first kappa shape index (κ1) is 23.8. The molecule has 172 valence electrons. The first-order chi connectivity index (χ1) is 15.5. The molecule has 32 heavy (non-hydrogen) atoms. The molecule has 1 amide bonds. The summed E-state index contributed by atoms with van der Waals surface area (Å²) in [7, 11) is 4.65. The maximum absolute atomic E-state index is 12.3. The van der Waals surface area contributed by atoms with Gasteiger partial charge in [-0.3, -0.25) is 14.6 Å². The summed E-state index contributed by atoms with van der Waals surface area (Å²) in [6, 6.07) is 11.4. The molecule has 0 radical (unpaired) electrons. The molecule has 8 nitrogen and oxygen atoms in total. The lowest BCUT2D eigenvalue weighted by molar-refractivity contribution is -0.122. The number of rotatable bonds is 9. The van der Waals surface area contributed by atoms with E-state index in [0.717, 1.165) is 43.3 Å². The highest BCUT2D eigenvalue weighted by Crippen LogP contribution is 2.37. The van der Waals surface area contributed by atoms with Gasteiger partial charge in [-0.15, -0.1) is 0 Å². The molecule has 9 heteroatoms. The number of carbonyl (C=O) groups is 1. The first-order valence-electron chi connectivity index (χ1n) is 10.3. The van der Waals surface area contributed by atoms with E-state index >= 15 is 0 Å². The Morgan fingerprint density at radius 2 is 1.66 bits per heavy atom. The van der Waals surface area contributed by atoms with Gasteiger partial charge < -0.3 is 14.2 Å². The molecule has 0 aromatic heterocycles. The number of hydrogen-bond acceptors (Lipinski definition) is 7. The van der Waals surface area contributed by atoms with Gasteiger partial charge in [-0.25, -0.2) is 5.43 Å². The number of hydrazone groups is 1. The van der Waals surface area contributed by atoms with Gasteiger partial charge in [0.05, 0.1) is 34.1 Å². The first-order valence-corrected chi connectivity index (χ1v) is 10.7. The zero-order chi connectivity index (χ0) is 22.9. The number of benzene rings is 2. The van der Waals surface area contributed by atoms with Gasteiger partial charge in [0.25, 0.3) is 5.91 Å². The molecule has 2 aromatic rings. The van der Waals surface area contributed by atoms with Gasteiger partial charge in [0, 0.05) is 43.3 Å². The summed E-state index contributed by atoms with van der Waals surface area (Å²) in [5.41, 5.74) is 4.43. The van der Waals surface area contributed by atoms with Gasteiger partial charge >= 0.3 is 0 Å². The number of carbonyl (C=O) groups excluding carboxylic acids is 1. The maximum atomic E-state index is 12.3. The third kappa shape index (κ3) is 6.35. The van der Waals surface area contributed by atoms with Crippen LogP contribution in [0.15, 0.2) is 41.5 Å². The van der Waals surface area contributed by atoms with Crippen molar-refractivity contribution in [2.24, 2.45) is 5.10 Å². The van der Waals surface area contributed by atoms with Crippen molar-refractivity contribution < 1.29 is 19.0 Å². The van der Waals surface area contributed by atoms with E-state index < -0.39 is 0 Å². The molecule has 1 heterocycles. The highest BCUT2D eigenvalue weighted by atomic mass is 35.5. The van der Waals surface area contributed by atoms with E-state index in [1.54, 1.807) is 39.7 Å². The topological polar surface area (TPSA) is 75.6 Å². The van der Waals surface area contributed by atoms with Crippen molar-refractivity contribution in [2.45, 2.75) is 6.54 Å². The number of nitrogens with one attached hydrogen (secondary N) is 1. The summed E-state index contributed by atoms with van der Waals surface area (Å²) in [5, 5.41) is 4.86. The van der Waals surface area contributed by atoms with E-state index in [4.69, 9.17) is 25.8 Å². The van der Waals surface area contributed by atoms with E-state index in [2.05, 4.69) is 20.3 Å². The summed E-state index contributed by atoms with van der Waals surface area (Å²) in [6.45, 7) is 4.51. The lowest BCUT2D eigenvalue weighted by Crippen LogP contribution is -2.48. The molecule has 3 rings (SSSR count). The van der Waals surface area contributed by atoms with Crippen molar-refractivity contribution in [1.29, 1.82) is 0 Å². The molecule has 2 aromatic carbocycles. The molecule has 1 aliphatic heterocycles. The van der Waals surface area contributed by atoms with Crippen LogP contribution in [0.3, 0.4) is 0 Å². The van der Waals surface area contributed by atoms with Gasteiger partial charge in [0.15, 0.2) is 11.5 Å². The van der Waals surface area contributed by atoms with Gasteiger partial charge in [-0.05, 0) is 23.8 Å². The van der Waals surface area contributed by atoms with E-state index in [9.17, 15) is 4.79 Å². The van der Waals surface area contributed by atoms with E-state index in [1.807, 2.05) is 24.3 Å². The number of halogens is 1. The average molecular weight is 461 g/mol. The fraction of sp³-hybridized carbons (Fsp3) is 0.391. The zero-order valence-electron chi connectivity index (χ0n) is 18.6. The Balaban J connectivity index is 1.46. The molecule has 1 saturated heterocycles. The van der Waals surface area contributed by atoms with Gasteiger partial charge in [0.1, 0.15) is 0 Å². The molecule has 0 atom stereocenters. The van der Waals surface area contributed by atoms with Crippen LogP contribution in [-0.2, 0) is 11.3 Å². The lowest BCUT2D eigenvalue weighted by Gasteiger charge is -2.34. The standard InChI is InChI=1S/C23H29ClN4O4/c1-30-20-12-17(13-21(31-2)23(20)32-3)14-25-26-22(29)16-28-10-8-27(9-11-28)15-18-6-4-5-7-19(18)24/h4-7,12-14H,8-11,15-16H2,1-3H3,(H,26,29)/b25-14-. The van der Waals surface area contributed by atoms with Crippen LogP contribution in [0.4, 0.5) is 0 Å². The highest BCUT2D eigenvalue weighted by molar-refractivity contribution is 6.31. The van der Waals surface area contributed by atoms with Gasteiger partial charge in [-0.1, -0.05) is 29.8 Å². The van der Waals surface area contributed by atoms with Crippen LogP contribution in [0.25, 0.3) is 0 Å². The molecular weight excluding hydrogens is 432 g/mol. The van der Waals surface area contributed by atoms with Crippen LogP contribution < -0.4 is 19.6 Å². The number of piperazine rings is 1. The van der Waals surface area contributed by atoms with Crippen molar-refractivity contribution in [1.82, 2.24) is 15.2 Å². The predicted octanol–water partition coefficient (Wildman–Crippen LogP) is 2.63. The summed E-state index contributed by atoms with van der Waals surface area (Å²) in [4.78, 5) is 16.8. The normalized spacial score (nSPS) is 15.0. The molecular formula is C23H29ClN4O4. The highest BCUT2D eigenvalue weighted by Gasteiger charge is 2.19. The molecule has 0 saturated carbocycles. The van der Waals surface area contributed by atoms with E-state index in [-0.39, 0.29) is 5.91 Å². The van der Waals surface area contributed by atoms with Crippen LogP contribution in [0.2, 0.25) is 5.02 Å². The van der Waals surface area contributed by atoms with Crippen LogP contribution in [-0.4, -0.2) is 76.0 Å². The molecule has 0 aliphatic carbocycles. The molecule has 1 fully saturated rings. The fourth-order valence-corrected chi connectivity index (χ4v) is 3.76. The summed E-state index contributed by atoms with van der Waals surface area (Å²) in [6.07, 6.45) is 1.55. The predicted molar refractivity (Wildman–Crippen MR) is 125 cm³/mol. The number of ether oxygens (including phenoxy) is 3.